The van der Waals surface area contributed by atoms with E-state index in [2.05, 4.69) is 12.0 Å². The fraction of sp³-hybridized carbons (Fsp3) is 0.571. The Morgan fingerprint density at radius 2 is 2.50 bits per heavy atom. The molecule has 0 radical (unpaired) electrons. The van der Waals surface area contributed by atoms with Crippen LogP contribution in [-0.4, -0.2) is 9.78 Å². The third-order valence-electron chi connectivity index (χ3n) is 1.59. The Morgan fingerprint density at radius 3 is 2.90 bits per heavy atom. The van der Waals surface area contributed by atoms with E-state index in [4.69, 9.17) is 5.73 Å². The molecular formula is C7H13N3. The predicted molar refractivity (Wildman–Crippen MR) is 40.4 cm³/mol. The van der Waals surface area contributed by atoms with Gasteiger partial charge >= 0.3 is 0 Å². The first-order valence-corrected chi connectivity index (χ1v) is 3.48. The standard InChI is InChI=1S/C7H13N3/c1-3-7(8)6-4-9-10(2)5-6/h4-5,7H,3,8H2,1-2H3/t7-/m1/s1. The van der Waals surface area contributed by atoms with E-state index in [-0.39, 0.29) is 6.04 Å². The highest BCUT2D eigenvalue weighted by Crippen LogP contribution is 2.10. The van der Waals surface area contributed by atoms with E-state index >= 15 is 0 Å². The number of nitrogens with zero attached hydrogens (tertiary/aromatic N) is 2. The van der Waals surface area contributed by atoms with Crippen molar-refractivity contribution in [3.63, 3.8) is 0 Å². The number of aryl methyl sites for hydroxylation is 1. The number of rotatable bonds is 2. The molecule has 1 rings (SSSR count). The van der Waals surface area contributed by atoms with Gasteiger partial charge in [-0.3, -0.25) is 4.68 Å². The summed E-state index contributed by atoms with van der Waals surface area (Å²) < 4.78 is 1.77. The van der Waals surface area contributed by atoms with Crippen LogP contribution in [0.2, 0.25) is 0 Å². The monoisotopic (exact) mass is 139 g/mol. The van der Waals surface area contributed by atoms with Crippen molar-refractivity contribution in [2.45, 2.75) is 19.4 Å². The van der Waals surface area contributed by atoms with Gasteiger partial charge in [0, 0.05) is 24.8 Å². The number of hydrogen-bond donors (Lipinski definition) is 1. The van der Waals surface area contributed by atoms with Gasteiger partial charge in [0.1, 0.15) is 0 Å². The van der Waals surface area contributed by atoms with Gasteiger partial charge < -0.3 is 5.73 Å². The molecule has 0 saturated carbocycles. The minimum absolute atomic E-state index is 0.147. The summed E-state index contributed by atoms with van der Waals surface area (Å²) in [5.41, 5.74) is 6.87. The Labute approximate surface area is 60.8 Å². The topological polar surface area (TPSA) is 43.8 Å². The van der Waals surface area contributed by atoms with E-state index in [0.29, 0.717) is 0 Å². The van der Waals surface area contributed by atoms with Gasteiger partial charge in [-0.2, -0.15) is 5.10 Å². The van der Waals surface area contributed by atoms with Crippen LogP contribution in [0.25, 0.3) is 0 Å². The van der Waals surface area contributed by atoms with Gasteiger partial charge in [0.15, 0.2) is 0 Å². The zero-order chi connectivity index (χ0) is 7.56. The molecule has 1 aromatic heterocycles. The zero-order valence-electron chi connectivity index (χ0n) is 6.41. The van der Waals surface area contributed by atoms with Crippen LogP contribution in [0.4, 0.5) is 0 Å². The van der Waals surface area contributed by atoms with Crippen molar-refractivity contribution in [2.75, 3.05) is 0 Å². The summed E-state index contributed by atoms with van der Waals surface area (Å²) >= 11 is 0. The van der Waals surface area contributed by atoms with Crippen molar-refractivity contribution in [3.05, 3.63) is 18.0 Å². The fourth-order valence-corrected chi connectivity index (χ4v) is 0.867. The van der Waals surface area contributed by atoms with Gasteiger partial charge in [0.05, 0.1) is 6.20 Å². The molecule has 0 unspecified atom stereocenters. The maximum atomic E-state index is 5.75. The Morgan fingerprint density at radius 1 is 1.80 bits per heavy atom. The summed E-state index contributed by atoms with van der Waals surface area (Å²) in [6.45, 7) is 2.07. The normalized spacial score (nSPS) is 13.5. The lowest BCUT2D eigenvalue weighted by atomic mass is 10.1. The van der Waals surface area contributed by atoms with Crippen molar-refractivity contribution in [2.24, 2.45) is 12.8 Å². The van der Waals surface area contributed by atoms with Crippen LogP contribution >= 0.6 is 0 Å². The molecule has 0 aliphatic carbocycles. The highest BCUT2D eigenvalue weighted by molar-refractivity contribution is 5.08. The smallest absolute Gasteiger partial charge is 0.0537 e. The average molecular weight is 139 g/mol. The van der Waals surface area contributed by atoms with Crippen molar-refractivity contribution in [1.29, 1.82) is 0 Å². The first kappa shape index (κ1) is 7.28. The van der Waals surface area contributed by atoms with E-state index in [1.54, 1.807) is 4.68 Å². The largest absolute Gasteiger partial charge is 0.324 e. The first-order chi connectivity index (χ1) is 4.74. The molecule has 0 spiro atoms. The van der Waals surface area contributed by atoms with Gasteiger partial charge in [0.25, 0.3) is 0 Å². The minimum atomic E-state index is 0.147. The maximum absolute atomic E-state index is 5.75. The molecule has 1 aromatic rings. The predicted octanol–water partition coefficient (Wildman–Crippen LogP) is 0.830. The lowest BCUT2D eigenvalue weighted by molar-refractivity contribution is 0.696. The Balaban J connectivity index is 2.74. The van der Waals surface area contributed by atoms with Gasteiger partial charge in [-0.05, 0) is 6.42 Å². The highest BCUT2D eigenvalue weighted by Gasteiger charge is 2.03. The molecule has 1 heterocycles. The molecule has 0 fully saturated rings. The molecule has 1 atom stereocenters. The van der Waals surface area contributed by atoms with Gasteiger partial charge in [-0.15, -0.1) is 0 Å². The van der Waals surface area contributed by atoms with Crippen molar-refractivity contribution < 1.29 is 0 Å². The van der Waals surface area contributed by atoms with Crippen molar-refractivity contribution in [1.82, 2.24) is 9.78 Å². The molecule has 0 aliphatic rings. The number of hydrogen-bond acceptors (Lipinski definition) is 2. The molecule has 0 aliphatic heterocycles. The molecule has 10 heavy (non-hydrogen) atoms. The molecule has 0 bridgehead atoms. The Hall–Kier alpha value is -0.830. The SMILES string of the molecule is CC[C@@H](N)c1cnn(C)c1. The van der Waals surface area contributed by atoms with Crippen LogP contribution in [-0.2, 0) is 7.05 Å². The molecular weight excluding hydrogens is 126 g/mol. The van der Waals surface area contributed by atoms with Crippen molar-refractivity contribution in [3.8, 4) is 0 Å². The van der Waals surface area contributed by atoms with Crippen LogP contribution in [0.3, 0.4) is 0 Å². The highest BCUT2D eigenvalue weighted by atomic mass is 15.2. The molecule has 0 saturated heterocycles. The summed E-state index contributed by atoms with van der Waals surface area (Å²) in [5.74, 6) is 0. The summed E-state index contributed by atoms with van der Waals surface area (Å²) in [7, 11) is 1.89. The van der Waals surface area contributed by atoms with Crippen molar-refractivity contribution >= 4 is 0 Å². The average Bonchev–Trinajstić information content (AvgIpc) is 2.34. The summed E-state index contributed by atoms with van der Waals surface area (Å²) in [4.78, 5) is 0. The second-order valence-corrected chi connectivity index (χ2v) is 2.46. The molecule has 0 amide bonds. The van der Waals surface area contributed by atoms with E-state index in [9.17, 15) is 0 Å². The van der Waals surface area contributed by atoms with Crippen LogP contribution in [0.15, 0.2) is 12.4 Å². The second kappa shape index (κ2) is 2.84. The minimum Gasteiger partial charge on any atom is -0.324 e. The summed E-state index contributed by atoms with van der Waals surface area (Å²) in [6.07, 6.45) is 4.73. The van der Waals surface area contributed by atoms with Gasteiger partial charge in [-0.25, -0.2) is 0 Å². The van der Waals surface area contributed by atoms with Crippen LogP contribution in [0.5, 0.6) is 0 Å². The fourth-order valence-electron chi connectivity index (χ4n) is 0.867. The zero-order valence-corrected chi connectivity index (χ0v) is 6.41. The Bertz CT molecular complexity index is 204. The molecule has 3 nitrogen and oxygen atoms in total. The van der Waals surface area contributed by atoms with Gasteiger partial charge in [-0.1, -0.05) is 6.92 Å². The van der Waals surface area contributed by atoms with Gasteiger partial charge in [0.2, 0.25) is 0 Å². The van der Waals surface area contributed by atoms with Crippen LogP contribution in [0.1, 0.15) is 24.9 Å². The first-order valence-electron chi connectivity index (χ1n) is 3.48. The molecule has 56 valence electrons. The number of aromatic nitrogens is 2. The van der Waals surface area contributed by atoms with Crippen LogP contribution < -0.4 is 5.73 Å². The maximum Gasteiger partial charge on any atom is 0.0537 e. The lowest BCUT2D eigenvalue weighted by Crippen LogP contribution is -2.07. The van der Waals surface area contributed by atoms with E-state index < -0.39 is 0 Å². The molecule has 0 aromatic carbocycles. The summed E-state index contributed by atoms with van der Waals surface area (Å²) in [6, 6.07) is 0.147. The number of nitrogens with two attached hydrogens (primary N) is 1. The Kier molecular flexibility index (Phi) is 2.06. The third kappa shape index (κ3) is 1.36. The molecule has 2 N–H and O–H groups in total. The third-order valence-corrected chi connectivity index (χ3v) is 1.59. The second-order valence-electron chi connectivity index (χ2n) is 2.46. The quantitative estimate of drug-likeness (QED) is 0.659. The lowest BCUT2D eigenvalue weighted by Gasteiger charge is -2.02. The van der Waals surface area contributed by atoms with Crippen LogP contribution in [0, 0.1) is 0 Å². The molecule has 3 heteroatoms. The van der Waals surface area contributed by atoms with E-state index in [0.717, 1.165) is 12.0 Å². The summed E-state index contributed by atoms with van der Waals surface area (Å²) in [5, 5.41) is 4.02. The van der Waals surface area contributed by atoms with E-state index in [1.165, 1.54) is 0 Å². The van der Waals surface area contributed by atoms with E-state index in [1.807, 2.05) is 19.4 Å².